The van der Waals surface area contributed by atoms with Crippen molar-refractivity contribution in [1.29, 1.82) is 0 Å². The molecule has 0 fully saturated rings. The highest BCUT2D eigenvalue weighted by atomic mass is 15.1. The van der Waals surface area contributed by atoms with Gasteiger partial charge in [-0.15, -0.1) is 43.7 Å². The van der Waals surface area contributed by atoms with Crippen LogP contribution in [0.4, 0.5) is 17.1 Å². The minimum atomic E-state index is -0.147. The minimum absolute atomic E-state index is 0.147. The van der Waals surface area contributed by atoms with Gasteiger partial charge >= 0.3 is 0 Å². The molecule has 6 aromatic carbocycles. The Bertz CT molecular complexity index is 2690. The van der Waals surface area contributed by atoms with Gasteiger partial charge in [0.15, 0.2) is 0 Å². The normalized spacial score (nSPS) is 12.6. The van der Waals surface area contributed by atoms with Crippen LogP contribution in [-0.2, 0) is 5.41 Å². The molecule has 1 aliphatic carbocycles. The summed E-state index contributed by atoms with van der Waals surface area (Å²) in [6.45, 7) is 4.94. The Kier molecular flexibility index (Phi) is 11.4. The summed E-state index contributed by atoms with van der Waals surface area (Å²) in [4.78, 5) is 2.63. The Balaban J connectivity index is 1.61. The fourth-order valence-corrected chi connectivity index (χ4v) is 11.7. The molecule has 272 valence electrons. The van der Waals surface area contributed by atoms with Gasteiger partial charge in [0.05, 0.1) is 5.69 Å². The number of fused-ring (bicyclic) bond motifs is 3. The summed E-state index contributed by atoms with van der Waals surface area (Å²) in [6, 6.07) is 12.4. The zero-order valence-electron chi connectivity index (χ0n) is 41.3. The van der Waals surface area contributed by atoms with Crippen LogP contribution < -0.4 is 114 Å². The molecule has 0 aromatic heterocycles. The Morgan fingerprint density at radius 3 is 0.917 bits per heavy atom. The van der Waals surface area contributed by atoms with Crippen LogP contribution in [0.1, 0.15) is 25.0 Å². The molecule has 7 rings (SSSR count). The van der Waals surface area contributed by atoms with E-state index in [-0.39, 0.29) is 5.41 Å². The van der Waals surface area contributed by atoms with Gasteiger partial charge < -0.3 is 4.90 Å². The molecule has 0 atom stereocenters. The molecule has 6 aromatic rings. The first kappa shape index (κ1) is 44.5. The van der Waals surface area contributed by atoms with Crippen molar-refractivity contribution in [2.75, 3.05) is 4.90 Å². The molecule has 21 heteroatoms. The van der Waals surface area contributed by atoms with Gasteiger partial charge in [-0.3, -0.25) is 0 Å². The molecule has 0 saturated heterocycles. The molecular formula is C39H51B20N. The fraction of sp³-hybridized carbons (Fsp3) is 0.0769. The molecule has 60 heavy (non-hydrogen) atoms. The summed E-state index contributed by atoms with van der Waals surface area (Å²) in [5, 5.41) is 0. The fourth-order valence-electron chi connectivity index (χ4n) is 11.7. The Labute approximate surface area is 380 Å². The largest absolute Gasteiger partial charge is 0.310 e. The lowest BCUT2D eigenvalue weighted by atomic mass is 9.58. The maximum absolute atomic E-state index is 2.63. The number of rotatable bonds is 5. The van der Waals surface area contributed by atoms with Gasteiger partial charge in [0, 0.05) is 22.4 Å². The van der Waals surface area contributed by atoms with Crippen molar-refractivity contribution in [3.63, 3.8) is 0 Å². The molecule has 0 saturated carbocycles. The molecule has 0 spiro atoms. The van der Waals surface area contributed by atoms with Crippen LogP contribution in [0.15, 0.2) is 30.3 Å². The summed E-state index contributed by atoms with van der Waals surface area (Å²) in [5.74, 6) is 0. The van der Waals surface area contributed by atoms with Gasteiger partial charge in [-0.05, 0) is 69.3 Å². The second-order valence-corrected chi connectivity index (χ2v) is 19.7. The van der Waals surface area contributed by atoms with E-state index in [0.717, 1.165) is 0 Å². The summed E-state index contributed by atoms with van der Waals surface area (Å²) in [5.41, 5.74) is 42.5. The van der Waals surface area contributed by atoms with E-state index >= 15 is 0 Å². The molecular weight excluding hydrogens is 699 g/mol. The Hall–Kier alpha value is -3.58. The van der Waals surface area contributed by atoms with Crippen molar-refractivity contribution >= 4 is 283 Å². The number of benzene rings is 6. The third-order valence-corrected chi connectivity index (χ3v) is 16.3. The quantitative estimate of drug-likeness (QED) is 0.159. The van der Waals surface area contributed by atoms with E-state index in [2.05, 4.69) is 206 Å². The first-order valence-electron chi connectivity index (χ1n) is 22.3. The molecule has 0 unspecified atom stereocenters. The highest BCUT2D eigenvalue weighted by Crippen LogP contribution is 2.51. The summed E-state index contributed by atoms with van der Waals surface area (Å²) < 4.78 is 0. The van der Waals surface area contributed by atoms with Gasteiger partial charge in [0.1, 0.15) is 157 Å². The van der Waals surface area contributed by atoms with Gasteiger partial charge in [-0.1, -0.05) is 79.4 Å². The van der Waals surface area contributed by atoms with Crippen LogP contribution in [0, 0.1) is 0 Å². The van der Waals surface area contributed by atoms with Crippen molar-refractivity contribution in [2.45, 2.75) is 19.3 Å². The maximum atomic E-state index is 2.63. The molecule has 0 heterocycles. The first-order valence-corrected chi connectivity index (χ1v) is 22.3. The average molecular weight is 750 g/mol. The number of hydrogen-bond acceptors (Lipinski definition) is 1. The van der Waals surface area contributed by atoms with Gasteiger partial charge in [-0.2, -0.15) is 0 Å². The molecule has 0 N–H and O–H groups in total. The summed E-state index contributed by atoms with van der Waals surface area (Å²) in [7, 11) is 46.4. The van der Waals surface area contributed by atoms with E-state index < -0.39 is 0 Å². The number of anilines is 3. The molecule has 0 radical (unpaired) electrons. The van der Waals surface area contributed by atoms with Crippen molar-refractivity contribution in [3.05, 3.63) is 41.5 Å². The molecule has 0 bridgehead atoms. The van der Waals surface area contributed by atoms with E-state index in [1.54, 1.807) is 0 Å². The van der Waals surface area contributed by atoms with Crippen LogP contribution in [0.25, 0.3) is 33.4 Å². The monoisotopic (exact) mass is 754 g/mol. The number of hydrogen-bond donors (Lipinski definition) is 0. The summed E-state index contributed by atoms with van der Waals surface area (Å²) in [6.07, 6.45) is 0. The molecule has 0 amide bonds. The third-order valence-electron chi connectivity index (χ3n) is 16.3. The highest BCUT2D eigenvalue weighted by molar-refractivity contribution is 6.71. The first-order chi connectivity index (χ1) is 27.9. The van der Waals surface area contributed by atoms with Crippen LogP contribution in [-0.4, -0.2) is 157 Å². The average Bonchev–Trinajstić information content (AvgIpc) is 3.44. The van der Waals surface area contributed by atoms with Gasteiger partial charge in [-0.25, -0.2) is 0 Å². The highest BCUT2D eigenvalue weighted by Gasteiger charge is 2.42. The lowest BCUT2D eigenvalue weighted by molar-refractivity contribution is 0.669. The van der Waals surface area contributed by atoms with Crippen LogP contribution in [0.5, 0.6) is 0 Å². The zero-order chi connectivity index (χ0) is 44.5. The van der Waals surface area contributed by atoms with Crippen molar-refractivity contribution in [3.8, 4) is 33.4 Å². The molecule has 0 aliphatic heterocycles. The van der Waals surface area contributed by atoms with Gasteiger partial charge in [0.25, 0.3) is 0 Å². The van der Waals surface area contributed by atoms with Gasteiger partial charge in [0.2, 0.25) is 0 Å². The second kappa shape index (κ2) is 15.3. The van der Waals surface area contributed by atoms with Crippen LogP contribution in [0.3, 0.4) is 0 Å². The number of nitrogens with zero attached hydrogens (tertiary/aromatic N) is 1. The summed E-state index contributed by atoms with van der Waals surface area (Å²) >= 11 is 0. The predicted molar refractivity (Wildman–Crippen MR) is 333 cm³/mol. The van der Waals surface area contributed by atoms with Crippen LogP contribution in [0.2, 0.25) is 0 Å². The van der Waals surface area contributed by atoms with Crippen LogP contribution >= 0.6 is 0 Å². The predicted octanol–water partition coefficient (Wildman–Crippen LogP) is -24.0. The van der Waals surface area contributed by atoms with E-state index in [1.165, 1.54) is 171 Å². The topological polar surface area (TPSA) is 3.24 Å². The minimum Gasteiger partial charge on any atom is -0.310 e. The van der Waals surface area contributed by atoms with E-state index in [9.17, 15) is 0 Å². The van der Waals surface area contributed by atoms with E-state index in [0.29, 0.717) is 0 Å². The SMILES string of the molecule is Bc1cc(N(c2cc(B)c(-c3c(B)c(B)c(B)c(B)c3B)c(B)c2)c2cc(B)c(-c3c(B)c(B)c(B)c(B)c3B)c(B)c2)c2c(c1B)C(C)(C)c1c(B)c(B)c(B)c(B)c1-2. The lowest BCUT2D eigenvalue weighted by Crippen LogP contribution is -2.56. The van der Waals surface area contributed by atoms with Crippen molar-refractivity contribution in [2.24, 2.45) is 0 Å². The van der Waals surface area contributed by atoms with E-state index in [1.807, 2.05) is 0 Å². The smallest absolute Gasteiger partial charge is 0.140 e. The lowest BCUT2D eigenvalue weighted by Gasteiger charge is -2.33. The maximum Gasteiger partial charge on any atom is 0.140 e. The second-order valence-electron chi connectivity index (χ2n) is 19.7. The standard InChI is InChI=1S/C39H51B20N/c1-39(2)22-18(19-23(39)30(51)36(57)31(52)25(19)46)15(7-14(44)24(22)45)60(8-3-10(40)16(11(41)4-8)20-26(47)32(53)37(58)33(54)27(20)48)9-5-12(42)17(13(43)6-9)21-28(49)34(55)38(59)35(56)29(21)50/h3-7H,40-59H2,1-2H3. The van der Waals surface area contributed by atoms with Crippen molar-refractivity contribution in [1.82, 2.24) is 0 Å². The molecule has 1 nitrogen and oxygen atoms in total. The van der Waals surface area contributed by atoms with Crippen molar-refractivity contribution < 1.29 is 0 Å². The van der Waals surface area contributed by atoms with E-state index in [4.69, 9.17) is 0 Å². The Morgan fingerprint density at radius 2 is 0.567 bits per heavy atom. The Morgan fingerprint density at radius 1 is 0.283 bits per heavy atom. The third kappa shape index (κ3) is 6.35. The zero-order valence-corrected chi connectivity index (χ0v) is 41.3. The molecule has 1 aliphatic rings.